The van der Waals surface area contributed by atoms with E-state index in [9.17, 15) is 13.9 Å². The minimum Gasteiger partial charge on any atom is -0.507 e. The molecule has 8 nitrogen and oxygen atoms in total. The Bertz CT molecular complexity index is 1160. The van der Waals surface area contributed by atoms with Gasteiger partial charge in [0.25, 0.3) is 0 Å². The van der Waals surface area contributed by atoms with E-state index in [1.807, 2.05) is 7.05 Å². The third-order valence-electron chi connectivity index (χ3n) is 6.51. The van der Waals surface area contributed by atoms with Crippen LogP contribution in [0.25, 0.3) is 22.5 Å². The van der Waals surface area contributed by atoms with Crippen molar-refractivity contribution in [1.82, 2.24) is 25.5 Å². The molecule has 0 saturated carbocycles. The van der Waals surface area contributed by atoms with Crippen LogP contribution in [0.3, 0.4) is 0 Å². The van der Waals surface area contributed by atoms with Crippen LogP contribution in [0.15, 0.2) is 36.5 Å². The molecule has 4 heterocycles. The largest absolute Gasteiger partial charge is 0.507 e. The summed E-state index contributed by atoms with van der Waals surface area (Å²) in [5, 5.41) is 22.3. The van der Waals surface area contributed by atoms with Gasteiger partial charge >= 0.3 is 0 Å². The molecule has 0 spiro atoms. The Balaban J connectivity index is 1.36. The Morgan fingerprint density at radius 1 is 1.15 bits per heavy atom. The number of benzene rings is 1. The molecular weight excluding hydrogens is 430 g/mol. The van der Waals surface area contributed by atoms with Gasteiger partial charge in [-0.1, -0.05) is 6.07 Å². The normalized spacial score (nSPS) is 24.0. The zero-order valence-corrected chi connectivity index (χ0v) is 18.2. The van der Waals surface area contributed by atoms with E-state index in [1.54, 1.807) is 23.1 Å². The number of piperidine rings is 1. The molecule has 2 aromatic heterocycles. The zero-order valence-electron chi connectivity index (χ0n) is 18.2. The number of nitrogens with zero attached hydrogens (tertiary/aromatic N) is 5. The van der Waals surface area contributed by atoms with Crippen LogP contribution in [0.5, 0.6) is 11.6 Å². The Kier molecular flexibility index (Phi) is 5.53. The number of aromatic nitrogens is 4. The Hall–Kier alpha value is -3.40. The number of halogens is 2. The summed E-state index contributed by atoms with van der Waals surface area (Å²) < 4.78 is 33.6. The van der Waals surface area contributed by atoms with Crippen LogP contribution >= 0.6 is 0 Å². The molecule has 0 aliphatic carbocycles. The highest BCUT2D eigenvalue weighted by Crippen LogP contribution is 2.35. The lowest BCUT2D eigenvalue weighted by molar-refractivity contribution is 0.176. The van der Waals surface area contributed by atoms with Crippen molar-refractivity contribution in [3.05, 3.63) is 42.5 Å². The van der Waals surface area contributed by atoms with E-state index >= 15 is 0 Å². The fourth-order valence-electron chi connectivity index (χ4n) is 4.72. The SMILES string of the molecule is COc1cc(-c2ccc(-c3ncc(N(C)[C@H]4C[C@@H]5CC[C@@H](N5)[C@H]4F)nn3)c(O)c2)cc(F)n1. The van der Waals surface area contributed by atoms with Crippen LogP contribution in [-0.4, -0.2) is 63.7 Å². The summed E-state index contributed by atoms with van der Waals surface area (Å²) in [4.78, 5) is 9.77. The lowest BCUT2D eigenvalue weighted by Crippen LogP contribution is -2.55. The van der Waals surface area contributed by atoms with Crippen LogP contribution in [0, 0.1) is 5.95 Å². The third-order valence-corrected chi connectivity index (χ3v) is 6.51. The van der Waals surface area contributed by atoms with Gasteiger partial charge in [0.1, 0.15) is 11.9 Å². The van der Waals surface area contributed by atoms with Gasteiger partial charge in [0, 0.05) is 31.3 Å². The van der Waals surface area contributed by atoms with Crippen molar-refractivity contribution >= 4 is 5.82 Å². The van der Waals surface area contributed by atoms with Crippen molar-refractivity contribution in [2.75, 3.05) is 19.1 Å². The van der Waals surface area contributed by atoms with Crippen molar-refractivity contribution in [2.45, 2.75) is 43.6 Å². The van der Waals surface area contributed by atoms with Gasteiger partial charge in [-0.05, 0) is 42.5 Å². The predicted molar refractivity (Wildman–Crippen MR) is 118 cm³/mol. The van der Waals surface area contributed by atoms with Gasteiger partial charge < -0.3 is 20.1 Å². The van der Waals surface area contributed by atoms with Crippen molar-refractivity contribution in [1.29, 1.82) is 0 Å². The predicted octanol–water partition coefficient (Wildman–Crippen LogP) is 3.12. The number of hydrogen-bond donors (Lipinski definition) is 2. The van der Waals surface area contributed by atoms with E-state index in [4.69, 9.17) is 4.74 Å². The average molecular weight is 454 g/mol. The second-order valence-electron chi connectivity index (χ2n) is 8.50. The maximum Gasteiger partial charge on any atom is 0.216 e. The molecule has 3 aromatic rings. The number of methoxy groups -OCH3 is 1. The first-order valence-electron chi connectivity index (χ1n) is 10.8. The molecule has 10 heteroatoms. The molecule has 2 bridgehead atoms. The fourth-order valence-corrected chi connectivity index (χ4v) is 4.72. The number of phenolic OH excluding ortho intramolecular Hbond substituents is 1. The first-order valence-corrected chi connectivity index (χ1v) is 10.8. The average Bonchev–Trinajstić information content (AvgIpc) is 3.24. The van der Waals surface area contributed by atoms with Crippen LogP contribution in [0.2, 0.25) is 0 Å². The summed E-state index contributed by atoms with van der Waals surface area (Å²) in [6.07, 6.45) is 3.11. The van der Waals surface area contributed by atoms with Gasteiger partial charge in [0.05, 0.1) is 24.9 Å². The highest BCUT2D eigenvalue weighted by Gasteiger charge is 2.43. The fraction of sp³-hybridized carbons (Fsp3) is 0.391. The maximum atomic E-state index is 14.9. The molecule has 0 radical (unpaired) electrons. The van der Waals surface area contributed by atoms with E-state index < -0.39 is 12.1 Å². The quantitative estimate of drug-likeness (QED) is 0.568. The number of ether oxygens (including phenoxy) is 1. The summed E-state index contributed by atoms with van der Waals surface area (Å²) in [6, 6.07) is 7.61. The molecule has 5 rings (SSSR count). The van der Waals surface area contributed by atoms with Gasteiger partial charge in [0.15, 0.2) is 11.6 Å². The standard InChI is InChI=1S/C23H24F2N6O2/c1-31(17-10-14-4-6-16(27-14)22(17)25)20-11-26-23(30-29-20)15-5-3-12(7-18(15)32)13-8-19(24)28-21(9-13)33-2/h3,5,7-9,11,14,16-17,22,27,32H,4,6,10H2,1-2H3/t14-,16+,17-,22+/m0/s1. The van der Waals surface area contributed by atoms with E-state index in [0.29, 0.717) is 35.0 Å². The third kappa shape index (κ3) is 4.06. The molecule has 2 N–H and O–H groups in total. The molecular formula is C23H24F2N6O2. The van der Waals surface area contributed by atoms with Gasteiger partial charge in [-0.2, -0.15) is 9.37 Å². The second-order valence-corrected chi connectivity index (χ2v) is 8.50. The van der Waals surface area contributed by atoms with Crippen LogP contribution in [-0.2, 0) is 0 Å². The van der Waals surface area contributed by atoms with Gasteiger partial charge in [-0.25, -0.2) is 9.37 Å². The minimum absolute atomic E-state index is 0.0784. The number of anilines is 1. The van der Waals surface area contributed by atoms with Crippen molar-refractivity contribution in [3.8, 4) is 34.1 Å². The number of rotatable bonds is 5. The molecule has 0 unspecified atom stereocenters. The van der Waals surface area contributed by atoms with Gasteiger partial charge in [0.2, 0.25) is 11.8 Å². The molecule has 172 valence electrons. The molecule has 0 amide bonds. The number of phenols is 1. The van der Waals surface area contributed by atoms with E-state index in [1.165, 1.54) is 25.4 Å². The van der Waals surface area contributed by atoms with Crippen molar-refractivity contribution in [2.24, 2.45) is 0 Å². The number of nitrogens with one attached hydrogen (secondary N) is 1. The number of aromatic hydroxyl groups is 1. The maximum absolute atomic E-state index is 14.9. The molecule has 33 heavy (non-hydrogen) atoms. The summed E-state index contributed by atoms with van der Waals surface area (Å²) in [5.74, 6) is 0.0842. The Labute approximate surface area is 189 Å². The van der Waals surface area contributed by atoms with Crippen LogP contribution < -0.4 is 15.0 Å². The van der Waals surface area contributed by atoms with E-state index in [-0.39, 0.29) is 29.5 Å². The van der Waals surface area contributed by atoms with Gasteiger partial charge in [-0.3, -0.25) is 0 Å². The number of alkyl halides is 1. The summed E-state index contributed by atoms with van der Waals surface area (Å²) in [7, 11) is 3.21. The molecule has 1 aromatic carbocycles. The highest BCUT2D eigenvalue weighted by molar-refractivity contribution is 5.73. The zero-order chi connectivity index (χ0) is 23.1. The smallest absolute Gasteiger partial charge is 0.216 e. The van der Waals surface area contributed by atoms with Crippen LogP contribution in [0.4, 0.5) is 14.6 Å². The summed E-state index contributed by atoms with van der Waals surface area (Å²) in [5.41, 5.74) is 1.47. The lowest BCUT2D eigenvalue weighted by Gasteiger charge is -2.38. The first kappa shape index (κ1) is 21.4. The summed E-state index contributed by atoms with van der Waals surface area (Å²) in [6.45, 7) is 0. The molecule has 2 aliphatic rings. The topological polar surface area (TPSA) is 96.3 Å². The Morgan fingerprint density at radius 2 is 2.00 bits per heavy atom. The van der Waals surface area contributed by atoms with Crippen molar-refractivity contribution < 1.29 is 18.6 Å². The Morgan fingerprint density at radius 3 is 2.73 bits per heavy atom. The lowest BCUT2D eigenvalue weighted by atomic mass is 9.96. The molecule has 2 aliphatic heterocycles. The summed E-state index contributed by atoms with van der Waals surface area (Å²) >= 11 is 0. The van der Waals surface area contributed by atoms with Crippen molar-refractivity contribution in [3.63, 3.8) is 0 Å². The molecule has 4 atom stereocenters. The van der Waals surface area contributed by atoms with Gasteiger partial charge in [-0.15, -0.1) is 10.2 Å². The number of pyridine rings is 1. The first-order chi connectivity index (χ1) is 15.9. The highest BCUT2D eigenvalue weighted by atomic mass is 19.1. The number of hydrogen-bond acceptors (Lipinski definition) is 8. The molecule has 2 fully saturated rings. The van der Waals surface area contributed by atoms with E-state index in [0.717, 1.165) is 12.8 Å². The monoisotopic (exact) mass is 454 g/mol. The van der Waals surface area contributed by atoms with E-state index in [2.05, 4.69) is 25.5 Å². The second kappa shape index (κ2) is 8.51. The molecule has 2 saturated heterocycles. The number of fused-ring (bicyclic) bond motifs is 2. The van der Waals surface area contributed by atoms with Crippen LogP contribution in [0.1, 0.15) is 19.3 Å². The minimum atomic E-state index is -0.983.